The molecule has 0 saturated carbocycles. The summed E-state index contributed by atoms with van der Waals surface area (Å²) >= 11 is 1.97. The lowest BCUT2D eigenvalue weighted by atomic mass is 9.87. The van der Waals surface area contributed by atoms with Crippen LogP contribution in [-0.4, -0.2) is 56.5 Å². The molecule has 0 bridgehead atoms. The highest BCUT2D eigenvalue weighted by Gasteiger charge is 2.42. The normalized spacial score (nSPS) is 24.1. The van der Waals surface area contributed by atoms with Gasteiger partial charge in [-0.15, -0.1) is 0 Å². The zero-order valence-corrected chi connectivity index (χ0v) is 15.7. The Bertz CT molecular complexity index is 552. The number of nitrogens with one attached hydrogen (secondary N) is 1. The first-order valence-corrected chi connectivity index (χ1v) is 10.0. The molecule has 1 N–H and O–H groups in total. The van der Waals surface area contributed by atoms with Crippen LogP contribution in [0.3, 0.4) is 0 Å². The van der Waals surface area contributed by atoms with Crippen molar-refractivity contribution in [2.45, 2.75) is 25.5 Å². The summed E-state index contributed by atoms with van der Waals surface area (Å²) in [7, 11) is 1.89. The number of aliphatic imine (C=N–C) groups is 1. The van der Waals surface area contributed by atoms with E-state index in [1.165, 1.54) is 24.0 Å². The summed E-state index contributed by atoms with van der Waals surface area (Å²) in [5.74, 6) is 3.22. The number of nitrogens with zero attached hydrogens (tertiary/aromatic N) is 2. The van der Waals surface area contributed by atoms with E-state index >= 15 is 0 Å². The van der Waals surface area contributed by atoms with E-state index in [-0.39, 0.29) is 0 Å². The van der Waals surface area contributed by atoms with Gasteiger partial charge in [0.1, 0.15) is 0 Å². The summed E-state index contributed by atoms with van der Waals surface area (Å²) in [6.07, 6.45) is 2.43. The van der Waals surface area contributed by atoms with Gasteiger partial charge < -0.3 is 15.0 Å². The summed E-state index contributed by atoms with van der Waals surface area (Å²) in [5, 5.41) is 3.53. The highest BCUT2D eigenvalue weighted by molar-refractivity contribution is 7.98. The number of aryl methyl sites for hydroxylation is 1. The molecule has 2 aliphatic heterocycles. The Hall–Kier alpha value is -1.20. The Morgan fingerprint density at radius 3 is 2.88 bits per heavy atom. The third kappa shape index (κ3) is 4.45. The summed E-state index contributed by atoms with van der Waals surface area (Å²) in [6.45, 7) is 7.13. The van der Waals surface area contributed by atoms with Gasteiger partial charge in [-0.1, -0.05) is 29.8 Å². The lowest BCUT2D eigenvalue weighted by Crippen LogP contribution is -2.42. The molecule has 3 rings (SSSR count). The molecule has 1 unspecified atom stereocenters. The van der Waals surface area contributed by atoms with E-state index < -0.39 is 0 Å². The Morgan fingerprint density at radius 1 is 1.33 bits per heavy atom. The second kappa shape index (κ2) is 8.26. The molecule has 2 fully saturated rings. The standard InChI is InChI=1S/C19H29N3OS/c1-16-3-5-17(6-4-16)13-24-12-9-21-18(20-2)22-10-7-19(14-22)8-11-23-15-19/h3-6H,7-15H2,1-2H3,(H,20,21). The quantitative estimate of drug-likeness (QED) is 0.505. The number of benzene rings is 1. The predicted molar refractivity (Wildman–Crippen MR) is 103 cm³/mol. The minimum absolute atomic E-state index is 0.387. The molecule has 24 heavy (non-hydrogen) atoms. The van der Waals surface area contributed by atoms with Crippen molar-refractivity contribution in [1.29, 1.82) is 0 Å². The molecular formula is C19H29N3OS. The van der Waals surface area contributed by atoms with Gasteiger partial charge in [-0.3, -0.25) is 4.99 Å². The maximum atomic E-state index is 5.62. The summed E-state index contributed by atoms with van der Waals surface area (Å²) in [6, 6.07) is 8.82. The molecule has 4 nitrogen and oxygen atoms in total. The molecule has 1 spiro atoms. The fourth-order valence-corrected chi connectivity index (χ4v) is 4.35. The van der Waals surface area contributed by atoms with Crippen LogP contribution in [-0.2, 0) is 10.5 Å². The molecule has 2 aliphatic rings. The largest absolute Gasteiger partial charge is 0.381 e. The fourth-order valence-electron chi connectivity index (χ4n) is 3.53. The van der Waals surface area contributed by atoms with Gasteiger partial charge in [-0.2, -0.15) is 11.8 Å². The van der Waals surface area contributed by atoms with Gasteiger partial charge in [0.15, 0.2) is 5.96 Å². The number of rotatable bonds is 5. The average Bonchev–Trinajstić information content (AvgIpc) is 3.23. The predicted octanol–water partition coefficient (Wildman–Crippen LogP) is 2.92. The lowest BCUT2D eigenvalue weighted by Gasteiger charge is -2.24. The second-order valence-electron chi connectivity index (χ2n) is 6.99. The van der Waals surface area contributed by atoms with Crippen LogP contribution in [0.1, 0.15) is 24.0 Å². The smallest absolute Gasteiger partial charge is 0.193 e. The van der Waals surface area contributed by atoms with Crippen molar-refractivity contribution in [3.05, 3.63) is 35.4 Å². The van der Waals surface area contributed by atoms with Crippen molar-refractivity contribution in [2.75, 3.05) is 45.6 Å². The maximum Gasteiger partial charge on any atom is 0.193 e. The van der Waals surface area contributed by atoms with Gasteiger partial charge in [-0.05, 0) is 25.3 Å². The van der Waals surface area contributed by atoms with Crippen LogP contribution < -0.4 is 5.32 Å². The Labute approximate surface area is 150 Å². The van der Waals surface area contributed by atoms with Gasteiger partial charge in [0, 0.05) is 50.2 Å². The molecule has 5 heteroatoms. The summed E-state index contributed by atoms with van der Waals surface area (Å²) in [5.41, 5.74) is 3.11. The summed E-state index contributed by atoms with van der Waals surface area (Å²) in [4.78, 5) is 6.87. The van der Waals surface area contributed by atoms with E-state index in [1.54, 1.807) is 0 Å². The molecule has 132 valence electrons. The molecule has 2 heterocycles. The third-order valence-corrected chi connectivity index (χ3v) is 6.08. The van der Waals surface area contributed by atoms with Gasteiger partial charge in [0.05, 0.1) is 6.61 Å². The van der Waals surface area contributed by atoms with Crippen LogP contribution in [0.15, 0.2) is 29.3 Å². The van der Waals surface area contributed by atoms with E-state index in [9.17, 15) is 0 Å². The topological polar surface area (TPSA) is 36.9 Å². The first-order chi connectivity index (χ1) is 11.7. The van der Waals surface area contributed by atoms with Gasteiger partial charge >= 0.3 is 0 Å². The lowest BCUT2D eigenvalue weighted by molar-refractivity contribution is 0.156. The van der Waals surface area contributed by atoms with Crippen LogP contribution in [0.25, 0.3) is 0 Å². The minimum Gasteiger partial charge on any atom is -0.381 e. The maximum absolute atomic E-state index is 5.62. The molecule has 1 atom stereocenters. The van der Waals surface area contributed by atoms with E-state index in [1.807, 2.05) is 18.8 Å². The number of likely N-dealkylation sites (tertiary alicyclic amines) is 1. The number of hydrogen-bond donors (Lipinski definition) is 1. The van der Waals surface area contributed by atoms with Crippen LogP contribution in [0.5, 0.6) is 0 Å². The van der Waals surface area contributed by atoms with Crippen LogP contribution in [0, 0.1) is 12.3 Å². The molecule has 0 amide bonds. The summed E-state index contributed by atoms with van der Waals surface area (Å²) < 4.78 is 5.62. The van der Waals surface area contributed by atoms with Crippen molar-refractivity contribution in [2.24, 2.45) is 10.4 Å². The third-order valence-electron chi connectivity index (χ3n) is 5.05. The number of ether oxygens (including phenoxy) is 1. The molecule has 0 aliphatic carbocycles. The average molecular weight is 348 g/mol. The molecule has 0 aromatic heterocycles. The fraction of sp³-hybridized carbons (Fsp3) is 0.632. The van der Waals surface area contributed by atoms with E-state index in [2.05, 4.69) is 46.4 Å². The van der Waals surface area contributed by atoms with Crippen molar-refractivity contribution in [3.8, 4) is 0 Å². The van der Waals surface area contributed by atoms with E-state index in [4.69, 9.17) is 4.74 Å². The second-order valence-corrected chi connectivity index (χ2v) is 8.09. The van der Waals surface area contributed by atoms with Crippen LogP contribution >= 0.6 is 11.8 Å². The molecule has 1 aromatic rings. The van der Waals surface area contributed by atoms with Crippen LogP contribution in [0.2, 0.25) is 0 Å². The van der Waals surface area contributed by atoms with Crippen molar-refractivity contribution >= 4 is 17.7 Å². The van der Waals surface area contributed by atoms with Crippen LogP contribution in [0.4, 0.5) is 0 Å². The Balaban J connectivity index is 1.37. The Kier molecular flexibility index (Phi) is 6.06. The first kappa shape index (κ1) is 17.6. The monoisotopic (exact) mass is 347 g/mol. The zero-order chi connectivity index (χ0) is 16.8. The Morgan fingerprint density at radius 2 is 2.17 bits per heavy atom. The van der Waals surface area contributed by atoms with Gasteiger partial charge in [0.2, 0.25) is 0 Å². The van der Waals surface area contributed by atoms with Crippen molar-refractivity contribution < 1.29 is 4.74 Å². The number of guanidine groups is 1. The molecule has 1 aromatic carbocycles. The molecule has 0 radical (unpaired) electrons. The first-order valence-electron chi connectivity index (χ1n) is 8.87. The highest BCUT2D eigenvalue weighted by Crippen LogP contribution is 2.38. The van der Waals surface area contributed by atoms with Crippen molar-refractivity contribution in [1.82, 2.24) is 10.2 Å². The van der Waals surface area contributed by atoms with Crippen molar-refractivity contribution in [3.63, 3.8) is 0 Å². The minimum atomic E-state index is 0.387. The van der Waals surface area contributed by atoms with Gasteiger partial charge in [-0.25, -0.2) is 0 Å². The van der Waals surface area contributed by atoms with E-state index in [0.717, 1.165) is 50.3 Å². The number of hydrogen-bond acceptors (Lipinski definition) is 3. The SMILES string of the molecule is CN=C(NCCSCc1ccc(C)cc1)N1CCC2(CCOC2)C1. The molecule has 2 saturated heterocycles. The highest BCUT2D eigenvalue weighted by atomic mass is 32.2. The molecular weight excluding hydrogens is 318 g/mol. The zero-order valence-electron chi connectivity index (χ0n) is 14.9. The van der Waals surface area contributed by atoms with E-state index in [0.29, 0.717) is 5.41 Å². The number of thioether (sulfide) groups is 1. The van der Waals surface area contributed by atoms with Gasteiger partial charge in [0.25, 0.3) is 0 Å².